The molecular formula is C13H13BrClNS. The summed E-state index contributed by atoms with van der Waals surface area (Å²) in [5.41, 5.74) is 1.29. The van der Waals surface area contributed by atoms with Crippen LogP contribution in [0.25, 0.3) is 0 Å². The lowest BCUT2D eigenvalue weighted by atomic mass is 10.1. The summed E-state index contributed by atoms with van der Waals surface area (Å²) in [5, 5.41) is 3.48. The summed E-state index contributed by atoms with van der Waals surface area (Å²) in [6.45, 7) is 3.02. The molecule has 0 radical (unpaired) electrons. The van der Waals surface area contributed by atoms with Crippen LogP contribution in [-0.2, 0) is 6.54 Å². The van der Waals surface area contributed by atoms with Gasteiger partial charge in [0.2, 0.25) is 0 Å². The van der Waals surface area contributed by atoms with E-state index in [0.29, 0.717) is 6.04 Å². The zero-order valence-corrected chi connectivity index (χ0v) is 12.6. The highest BCUT2D eigenvalue weighted by molar-refractivity contribution is 9.10. The lowest BCUT2D eigenvalue weighted by Gasteiger charge is -2.13. The van der Waals surface area contributed by atoms with Gasteiger partial charge in [-0.1, -0.05) is 39.7 Å². The molecular weight excluding hydrogens is 318 g/mol. The molecule has 0 fully saturated rings. The molecule has 0 aliphatic heterocycles. The number of thiophene rings is 1. The molecule has 1 nitrogen and oxygen atoms in total. The molecule has 0 saturated heterocycles. The Kier molecular flexibility index (Phi) is 4.62. The molecule has 1 aromatic heterocycles. The van der Waals surface area contributed by atoms with Crippen LogP contribution < -0.4 is 5.32 Å². The first kappa shape index (κ1) is 13.1. The van der Waals surface area contributed by atoms with E-state index in [1.807, 2.05) is 6.07 Å². The molecule has 0 bridgehead atoms. The first-order chi connectivity index (χ1) is 8.15. The maximum atomic E-state index is 5.90. The van der Waals surface area contributed by atoms with Crippen molar-refractivity contribution < 1.29 is 0 Å². The Balaban J connectivity index is 1.93. The third-order valence-electron chi connectivity index (χ3n) is 2.58. The second-order valence-electron chi connectivity index (χ2n) is 3.86. The molecule has 2 aromatic rings. The van der Waals surface area contributed by atoms with E-state index in [1.54, 1.807) is 11.3 Å². The summed E-state index contributed by atoms with van der Waals surface area (Å²) in [6, 6.07) is 12.7. The molecule has 17 heavy (non-hydrogen) atoms. The molecule has 90 valence electrons. The monoisotopic (exact) mass is 329 g/mol. The minimum atomic E-state index is 0.337. The Bertz CT molecular complexity index is 480. The van der Waals surface area contributed by atoms with Gasteiger partial charge in [-0.2, -0.15) is 0 Å². The smallest absolute Gasteiger partial charge is 0.0931 e. The zero-order chi connectivity index (χ0) is 12.3. The van der Waals surface area contributed by atoms with Crippen molar-refractivity contribution in [3.05, 3.63) is 55.6 Å². The summed E-state index contributed by atoms with van der Waals surface area (Å²) < 4.78 is 1.96. The first-order valence-electron chi connectivity index (χ1n) is 5.38. The minimum Gasteiger partial charge on any atom is -0.305 e. The van der Waals surface area contributed by atoms with E-state index in [2.05, 4.69) is 58.5 Å². The maximum Gasteiger partial charge on any atom is 0.0931 e. The molecule has 0 spiro atoms. The number of benzene rings is 1. The van der Waals surface area contributed by atoms with E-state index in [4.69, 9.17) is 11.6 Å². The molecule has 1 unspecified atom stereocenters. The zero-order valence-electron chi connectivity index (χ0n) is 9.41. The average molecular weight is 331 g/mol. The van der Waals surface area contributed by atoms with Gasteiger partial charge in [0, 0.05) is 21.9 Å². The van der Waals surface area contributed by atoms with Gasteiger partial charge in [0.05, 0.1) is 4.34 Å². The SMILES string of the molecule is CC(NCc1ccc(Cl)s1)c1ccc(Br)cc1. The third kappa shape index (κ3) is 3.81. The summed E-state index contributed by atoms with van der Waals surface area (Å²) in [5.74, 6) is 0. The number of hydrogen-bond acceptors (Lipinski definition) is 2. The normalized spacial score (nSPS) is 12.6. The van der Waals surface area contributed by atoms with Crippen LogP contribution >= 0.6 is 38.9 Å². The number of hydrogen-bond donors (Lipinski definition) is 1. The van der Waals surface area contributed by atoms with E-state index < -0.39 is 0 Å². The van der Waals surface area contributed by atoms with Crippen molar-refractivity contribution in [1.29, 1.82) is 0 Å². The Morgan fingerprint density at radius 2 is 1.94 bits per heavy atom. The molecule has 2 rings (SSSR count). The van der Waals surface area contributed by atoms with E-state index in [9.17, 15) is 0 Å². The van der Waals surface area contributed by atoms with E-state index in [0.717, 1.165) is 15.4 Å². The Morgan fingerprint density at radius 1 is 1.24 bits per heavy atom. The van der Waals surface area contributed by atoms with Gasteiger partial charge in [-0.15, -0.1) is 11.3 Å². The molecule has 0 saturated carbocycles. The molecule has 0 aliphatic rings. The van der Waals surface area contributed by atoms with Gasteiger partial charge in [0.1, 0.15) is 0 Å². The first-order valence-corrected chi connectivity index (χ1v) is 7.37. The topological polar surface area (TPSA) is 12.0 Å². The van der Waals surface area contributed by atoms with Gasteiger partial charge in [-0.3, -0.25) is 0 Å². The lowest BCUT2D eigenvalue weighted by Crippen LogP contribution is -2.17. The Morgan fingerprint density at radius 3 is 2.53 bits per heavy atom. The van der Waals surface area contributed by atoms with Crippen molar-refractivity contribution in [3.8, 4) is 0 Å². The number of halogens is 2. The van der Waals surface area contributed by atoms with Crippen LogP contribution in [0.3, 0.4) is 0 Å². The highest BCUT2D eigenvalue weighted by Crippen LogP contribution is 2.22. The maximum absolute atomic E-state index is 5.90. The predicted molar refractivity (Wildman–Crippen MR) is 78.7 cm³/mol. The highest BCUT2D eigenvalue weighted by atomic mass is 79.9. The average Bonchev–Trinajstić information content (AvgIpc) is 2.73. The predicted octanol–water partition coefficient (Wildman–Crippen LogP) is 5.01. The molecule has 1 aromatic carbocycles. The fraction of sp³-hybridized carbons (Fsp3) is 0.231. The Hall–Kier alpha value is -0.350. The van der Waals surface area contributed by atoms with Crippen molar-refractivity contribution >= 4 is 38.9 Å². The van der Waals surface area contributed by atoms with Crippen LogP contribution in [0.15, 0.2) is 40.9 Å². The molecule has 1 N–H and O–H groups in total. The van der Waals surface area contributed by atoms with Crippen LogP contribution in [0, 0.1) is 0 Å². The minimum absolute atomic E-state index is 0.337. The molecule has 4 heteroatoms. The third-order valence-corrected chi connectivity index (χ3v) is 4.34. The highest BCUT2D eigenvalue weighted by Gasteiger charge is 2.05. The van der Waals surface area contributed by atoms with Gasteiger partial charge in [0.15, 0.2) is 0 Å². The van der Waals surface area contributed by atoms with Crippen LogP contribution in [0.5, 0.6) is 0 Å². The molecule has 1 atom stereocenters. The lowest BCUT2D eigenvalue weighted by molar-refractivity contribution is 0.579. The van der Waals surface area contributed by atoms with Crippen LogP contribution in [-0.4, -0.2) is 0 Å². The summed E-state index contributed by atoms with van der Waals surface area (Å²) >= 11 is 11.0. The quantitative estimate of drug-likeness (QED) is 0.830. The van der Waals surface area contributed by atoms with Crippen LogP contribution in [0.2, 0.25) is 4.34 Å². The van der Waals surface area contributed by atoms with Gasteiger partial charge < -0.3 is 5.32 Å². The van der Waals surface area contributed by atoms with Crippen LogP contribution in [0.1, 0.15) is 23.4 Å². The van der Waals surface area contributed by atoms with Crippen molar-refractivity contribution in [2.75, 3.05) is 0 Å². The fourth-order valence-corrected chi connectivity index (χ4v) is 2.87. The Labute approximate surface area is 119 Å². The van der Waals surface area contributed by atoms with Crippen molar-refractivity contribution in [1.82, 2.24) is 5.32 Å². The van der Waals surface area contributed by atoms with E-state index >= 15 is 0 Å². The number of rotatable bonds is 4. The van der Waals surface area contributed by atoms with Crippen molar-refractivity contribution in [3.63, 3.8) is 0 Å². The molecule has 1 heterocycles. The second kappa shape index (κ2) is 6.01. The van der Waals surface area contributed by atoms with Gasteiger partial charge in [0.25, 0.3) is 0 Å². The molecule has 0 amide bonds. The summed E-state index contributed by atoms with van der Waals surface area (Å²) in [6.07, 6.45) is 0. The largest absolute Gasteiger partial charge is 0.305 e. The molecule has 0 aliphatic carbocycles. The number of nitrogens with one attached hydrogen (secondary N) is 1. The summed E-state index contributed by atoms with van der Waals surface area (Å²) in [4.78, 5) is 1.26. The van der Waals surface area contributed by atoms with Gasteiger partial charge in [-0.05, 0) is 36.8 Å². The van der Waals surface area contributed by atoms with Crippen molar-refractivity contribution in [2.24, 2.45) is 0 Å². The fourth-order valence-electron chi connectivity index (χ4n) is 1.57. The second-order valence-corrected chi connectivity index (χ2v) is 6.58. The van der Waals surface area contributed by atoms with Gasteiger partial charge in [-0.25, -0.2) is 0 Å². The van der Waals surface area contributed by atoms with E-state index in [-0.39, 0.29) is 0 Å². The standard InChI is InChI=1S/C13H13BrClNS/c1-9(10-2-4-11(14)5-3-10)16-8-12-6-7-13(15)17-12/h2-7,9,16H,8H2,1H3. The van der Waals surface area contributed by atoms with Crippen LogP contribution in [0.4, 0.5) is 0 Å². The summed E-state index contributed by atoms with van der Waals surface area (Å²) in [7, 11) is 0. The van der Waals surface area contributed by atoms with E-state index in [1.165, 1.54) is 10.4 Å². The van der Waals surface area contributed by atoms with Gasteiger partial charge >= 0.3 is 0 Å². The van der Waals surface area contributed by atoms with Crippen molar-refractivity contribution in [2.45, 2.75) is 19.5 Å².